The molecule has 1 aromatic heterocycles. The predicted molar refractivity (Wildman–Crippen MR) is 73.5 cm³/mol. The largest absolute Gasteiger partial charge is 0.497 e. The highest BCUT2D eigenvalue weighted by molar-refractivity contribution is 5.78. The van der Waals surface area contributed by atoms with Gasteiger partial charge in [0.1, 0.15) is 5.75 Å². The van der Waals surface area contributed by atoms with Crippen molar-refractivity contribution in [3.63, 3.8) is 0 Å². The maximum Gasteiger partial charge on any atom is 0.261 e. The van der Waals surface area contributed by atoms with E-state index in [9.17, 15) is 4.79 Å². The van der Waals surface area contributed by atoms with Crippen molar-refractivity contribution in [2.45, 2.75) is 13.0 Å². The van der Waals surface area contributed by atoms with E-state index in [1.165, 1.54) is 0 Å². The maximum absolute atomic E-state index is 12.4. The van der Waals surface area contributed by atoms with Crippen LogP contribution in [0.2, 0.25) is 0 Å². The van der Waals surface area contributed by atoms with Crippen LogP contribution in [0.25, 0.3) is 10.9 Å². The third-order valence-corrected chi connectivity index (χ3v) is 3.65. The summed E-state index contributed by atoms with van der Waals surface area (Å²) in [5, 5.41) is 3.93. The normalized spacial score (nSPS) is 18.9. The molecular weight excluding hydrogens is 242 g/mol. The summed E-state index contributed by atoms with van der Waals surface area (Å²) < 4.78 is 6.87. The monoisotopic (exact) mass is 259 g/mol. The molecule has 1 N–H and O–H groups in total. The molecular formula is C14H17N3O2. The number of hydrogen-bond donors (Lipinski definition) is 1. The number of ether oxygens (including phenoxy) is 1. The molecule has 1 fully saturated rings. The molecule has 0 saturated carbocycles. The summed E-state index contributed by atoms with van der Waals surface area (Å²) in [5.41, 5.74) is 0.724. The van der Waals surface area contributed by atoms with Crippen molar-refractivity contribution < 1.29 is 4.74 Å². The minimum absolute atomic E-state index is 0.0100. The fourth-order valence-electron chi connectivity index (χ4n) is 2.54. The highest BCUT2D eigenvalue weighted by atomic mass is 16.5. The van der Waals surface area contributed by atoms with Gasteiger partial charge in [0.05, 0.1) is 24.3 Å². The van der Waals surface area contributed by atoms with Gasteiger partial charge < -0.3 is 10.1 Å². The first-order chi connectivity index (χ1) is 9.28. The third kappa shape index (κ3) is 2.33. The minimum atomic E-state index is 0.0100. The molecule has 0 amide bonds. The van der Waals surface area contributed by atoms with Crippen molar-refractivity contribution >= 4 is 10.9 Å². The van der Waals surface area contributed by atoms with Gasteiger partial charge in [-0.2, -0.15) is 0 Å². The van der Waals surface area contributed by atoms with Gasteiger partial charge in [0, 0.05) is 6.54 Å². The Kier molecular flexibility index (Phi) is 3.21. The Morgan fingerprint density at radius 3 is 3.16 bits per heavy atom. The summed E-state index contributed by atoms with van der Waals surface area (Å²) in [6, 6.07) is 5.39. The first kappa shape index (κ1) is 12.2. The van der Waals surface area contributed by atoms with Gasteiger partial charge in [-0.3, -0.25) is 9.36 Å². The lowest BCUT2D eigenvalue weighted by Gasteiger charge is -2.11. The first-order valence-electron chi connectivity index (χ1n) is 6.52. The topological polar surface area (TPSA) is 56.1 Å². The molecule has 1 saturated heterocycles. The molecule has 2 aromatic rings. The number of fused-ring (bicyclic) bond motifs is 1. The zero-order chi connectivity index (χ0) is 13.2. The summed E-state index contributed by atoms with van der Waals surface area (Å²) in [6.45, 7) is 2.74. The van der Waals surface area contributed by atoms with Gasteiger partial charge in [-0.1, -0.05) is 0 Å². The Bertz CT molecular complexity index is 645. The zero-order valence-corrected chi connectivity index (χ0v) is 10.9. The van der Waals surface area contributed by atoms with Crippen LogP contribution >= 0.6 is 0 Å². The zero-order valence-electron chi connectivity index (χ0n) is 10.9. The predicted octanol–water partition coefficient (Wildman–Crippen LogP) is 1.01. The second-order valence-corrected chi connectivity index (χ2v) is 4.94. The van der Waals surface area contributed by atoms with Crippen LogP contribution in [0.15, 0.2) is 29.3 Å². The molecule has 0 spiro atoms. The maximum atomic E-state index is 12.4. The van der Waals surface area contributed by atoms with Gasteiger partial charge in [-0.05, 0) is 43.6 Å². The summed E-state index contributed by atoms with van der Waals surface area (Å²) in [6.07, 6.45) is 2.76. The van der Waals surface area contributed by atoms with Crippen LogP contribution in [0, 0.1) is 5.92 Å². The van der Waals surface area contributed by atoms with E-state index in [2.05, 4.69) is 10.3 Å². The van der Waals surface area contributed by atoms with Crippen molar-refractivity contribution in [3.8, 4) is 5.75 Å². The van der Waals surface area contributed by atoms with Crippen molar-refractivity contribution in [3.05, 3.63) is 34.9 Å². The Morgan fingerprint density at radius 1 is 1.53 bits per heavy atom. The van der Waals surface area contributed by atoms with Crippen molar-refractivity contribution in [1.82, 2.24) is 14.9 Å². The molecule has 1 aromatic carbocycles. The van der Waals surface area contributed by atoms with Gasteiger partial charge in [0.25, 0.3) is 5.56 Å². The van der Waals surface area contributed by atoms with Crippen LogP contribution in [-0.4, -0.2) is 29.8 Å². The fourth-order valence-corrected chi connectivity index (χ4v) is 2.54. The van der Waals surface area contributed by atoms with Gasteiger partial charge in [-0.25, -0.2) is 4.98 Å². The quantitative estimate of drug-likeness (QED) is 0.894. The van der Waals surface area contributed by atoms with Crippen LogP contribution in [0.5, 0.6) is 5.75 Å². The smallest absolute Gasteiger partial charge is 0.261 e. The molecule has 0 aliphatic carbocycles. The summed E-state index contributed by atoms with van der Waals surface area (Å²) in [4.78, 5) is 16.8. The molecule has 5 heteroatoms. The fraction of sp³-hybridized carbons (Fsp3) is 0.429. The van der Waals surface area contributed by atoms with Gasteiger partial charge >= 0.3 is 0 Å². The molecule has 2 heterocycles. The first-order valence-corrected chi connectivity index (χ1v) is 6.52. The molecule has 1 aliphatic rings. The van der Waals surface area contributed by atoms with Crippen LogP contribution in [0.1, 0.15) is 6.42 Å². The van der Waals surface area contributed by atoms with E-state index >= 15 is 0 Å². The molecule has 0 radical (unpaired) electrons. The van der Waals surface area contributed by atoms with Crippen LogP contribution in [0.3, 0.4) is 0 Å². The number of aromatic nitrogens is 2. The number of hydrogen-bond acceptors (Lipinski definition) is 4. The molecule has 100 valence electrons. The van der Waals surface area contributed by atoms with Crippen molar-refractivity contribution in [2.75, 3.05) is 20.2 Å². The number of nitrogens with one attached hydrogen (secondary N) is 1. The van der Waals surface area contributed by atoms with E-state index < -0.39 is 0 Å². The standard InChI is InChI=1S/C14H17N3O2/c1-19-11-2-3-13-12(6-11)14(18)17(9-16-13)8-10-4-5-15-7-10/h2-3,6,9-10,15H,4-5,7-8H2,1H3. The second-order valence-electron chi connectivity index (χ2n) is 4.94. The Labute approximate surface area is 111 Å². The molecule has 1 aliphatic heterocycles. The Morgan fingerprint density at radius 2 is 2.42 bits per heavy atom. The lowest BCUT2D eigenvalue weighted by atomic mass is 10.1. The van der Waals surface area contributed by atoms with E-state index in [0.717, 1.165) is 26.1 Å². The Balaban J connectivity index is 2.01. The van der Waals surface area contributed by atoms with Crippen LogP contribution in [0.4, 0.5) is 0 Å². The molecule has 19 heavy (non-hydrogen) atoms. The van der Waals surface area contributed by atoms with Crippen LogP contribution in [-0.2, 0) is 6.54 Å². The lowest BCUT2D eigenvalue weighted by molar-refractivity contribution is 0.415. The number of rotatable bonds is 3. The van der Waals surface area contributed by atoms with Crippen molar-refractivity contribution in [1.29, 1.82) is 0 Å². The average Bonchev–Trinajstić information content (AvgIpc) is 2.95. The average molecular weight is 259 g/mol. The van der Waals surface area contributed by atoms with E-state index in [-0.39, 0.29) is 5.56 Å². The summed E-state index contributed by atoms with van der Waals surface area (Å²) in [5.74, 6) is 1.20. The number of methoxy groups -OCH3 is 1. The molecule has 1 atom stereocenters. The molecule has 1 unspecified atom stereocenters. The van der Waals surface area contributed by atoms with Gasteiger partial charge in [0.2, 0.25) is 0 Å². The molecule has 0 bridgehead atoms. The molecule has 5 nitrogen and oxygen atoms in total. The summed E-state index contributed by atoms with van der Waals surface area (Å²) >= 11 is 0. The van der Waals surface area contributed by atoms with Crippen LogP contribution < -0.4 is 15.6 Å². The lowest BCUT2D eigenvalue weighted by Crippen LogP contribution is -2.25. The van der Waals surface area contributed by atoms with Gasteiger partial charge in [-0.15, -0.1) is 0 Å². The Hall–Kier alpha value is -1.88. The minimum Gasteiger partial charge on any atom is -0.497 e. The highest BCUT2D eigenvalue weighted by Gasteiger charge is 2.16. The highest BCUT2D eigenvalue weighted by Crippen LogP contribution is 2.16. The molecule has 3 rings (SSSR count). The number of nitrogens with zero attached hydrogens (tertiary/aromatic N) is 2. The number of benzene rings is 1. The van der Waals surface area contributed by atoms with Gasteiger partial charge in [0.15, 0.2) is 0 Å². The van der Waals surface area contributed by atoms with E-state index in [0.29, 0.717) is 22.6 Å². The van der Waals surface area contributed by atoms with E-state index in [1.54, 1.807) is 24.1 Å². The van der Waals surface area contributed by atoms with Crippen molar-refractivity contribution in [2.24, 2.45) is 5.92 Å². The SMILES string of the molecule is COc1ccc2ncn(CC3CCNC3)c(=O)c2c1. The van der Waals surface area contributed by atoms with E-state index in [1.807, 2.05) is 12.1 Å². The van der Waals surface area contributed by atoms with E-state index in [4.69, 9.17) is 4.74 Å². The summed E-state index contributed by atoms with van der Waals surface area (Å²) in [7, 11) is 1.60. The second kappa shape index (κ2) is 5.01. The third-order valence-electron chi connectivity index (χ3n) is 3.65.